The smallest absolute Gasteiger partial charge is 0.142 e. The molecule has 5 heteroatoms. The molecule has 0 unspecified atom stereocenters. The minimum Gasteiger partial charge on any atom is -0.324 e. The van der Waals surface area contributed by atoms with Crippen LogP contribution in [0.15, 0.2) is 36.8 Å². The molecule has 0 aliphatic rings. The first kappa shape index (κ1) is 11.6. The summed E-state index contributed by atoms with van der Waals surface area (Å²) in [5.74, 6) is 0.645. The van der Waals surface area contributed by atoms with E-state index in [0.717, 1.165) is 11.3 Å². The van der Waals surface area contributed by atoms with Crippen LogP contribution in [0.5, 0.6) is 0 Å². The third kappa shape index (κ3) is 2.71. The second-order valence-corrected chi connectivity index (χ2v) is 2.80. The van der Waals surface area contributed by atoms with Crippen LogP contribution < -0.4 is 5.73 Å². The van der Waals surface area contributed by atoms with Crippen molar-refractivity contribution >= 4 is 12.4 Å². The Kier molecular flexibility index (Phi) is 4.15. The molecule has 2 aromatic rings. The maximum Gasteiger partial charge on any atom is 0.142 e. The summed E-state index contributed by atoms with van der Waals surface area (Å²) in [6, 6.07) is 5.67. The molecule has 0 saturated heterocycles. The second-order valence-electron chi connectivity index (χ2n) is 2.80. The molecule has 0 aliphatic carbocycles. The van der Waals surface area contributed by atoms with Gasteiger partial charge in [0.15, 0.2) is 0 Å². The highest BCUT2D eigenvalue weighted by molar-refractivity contribution is 5.85. The summed E-state index contributed by atoms with van der Waals surface area (Å²) in [4.78, 5) is 12.3. The Labute approximate surface area is 94.0 Å². The molecule has 0 spiro atoms. The molecule has 2 rings (SSSR count). The normalized spacial score (nSPS) is 9.40. The highest BCUT2D eigenvalue weighted by atomic mass is 35.5. The van der Waals surface area contributed by atoms with E-state index < -0.39 is 0 Å². The largest absolute Gasteiger partial charge is 0.324 e. The quantitative estimate of drug-likeness (QED) is 0.835. The molecule has 0 amide bonds. The Morgan fingerprint density at radius 1 is 1.20 bits per heavy atom. The van der Waals surface area contributed by atoms with E-state index in [1.807, 2.05) is 18.2 Å². The Hall–Kier alpha value is -1.52. The van der Waals surface area contributed by atoms with Crippen LogP contribution >= 0.6 is 12.4 Å². The van der Waals surface area contributed by atoms with Crippen molar-refractivity contribution in [1.29, 1.82) is 0 Å². The van der Waals surface area contributed by atoms with Crippen molar-refractivity contribution in [3.63, 3.8) is 0 Å². The van der Waals surface area contributed by atoms with E-state index in [1.165, 1.54) is 0 Å². The van der Waals surface area contributed by atoms with Gasteiger partial charge in [0.25, 0.3) is 0 Å². The van der Waals surface area contributed by atoms with Crippen LogP contribution in [0.25, 0.3) is 11.3 Å². The molecule has 0 aliphatic heterocycles. The average Bonchev–Trinajstić information content (AvgIpc) is 2.30. The molecule has 0 bridgehead atoms. The van der Waals surface area contributed by atoms with Gasteiger partial charge in [0, 0.05) is 24.2 Å². The zero-order valence-electron chi connectivity index (χ0n) is 8.00. The molecule has 2 heterocycles. The molecule has 0 aromatic carbocycles. The van der Waals surface area contributed by atoms with Crippen molar-refractivity contribution in [3.8, 4) is 11.3 Å². The highest BCUT2D eigenvalue weighted by Crippen LogP contribution is 2.13. The number of pyridine rings is 1. The number of rotatable bonds is 2. The van der Waals surface area contributed by atoms with Gasteiger partial charge in [-0.25, -0.2) is 9.97 Å². The lowest BCUT2D eigenvalue weighted by molar-refractivity contribution is 0.911. The van der Waals surface area contributed by atoms with Gasteiger partial charge in [-0.15, -0.1) is 12.4 Å². The fourth-order valence-electron chi connectivity index (χ4n) is 1.17. The first-order valence-electron chi connectivity index (χ1n) is 4.32. The number of aromatic nitrogens is 3. The van der Waals surface area contributed by atoms with Gasteiger partial charge in [-0.2, -0.15) is 0 Å². The van der Waals surface area contributed by atoms with Crippen molar-refractivity contribution in [3.05, 3.63) is 42.6 Å². The first-order chi connectivity index (χ1) is 6.90. The maximum absolute atomic E-state index is 5.46. The van der Waals surface area contributed by atoms with Crippen molar-refractivity contribution in [2.45, 2.75) is 6.54 Å². The lowest BCUT2D eigenvalue weighted by Gasteiger charge is -2.00. The molecule has 2 N–H and O–H groups in total. The van der Waals surface area contributed by atoms with E-state index in [9.17, 15) is 0 Å². The SMILES string of the molecule is Cl.NCc1nccc(-c2cccnc2)n1. The van der Waals surface area contributed by atoms with Crippen LogP contribution in [0.3, 0.4) is 0 Å². The van der Waals surface area contributed by atoms with Gasteiger partial charge in [0.2, 0.25) is 0 Å². The highest BCUT2D eigenvalue weighted by Gasteiger charge is 1.99. The van der Waals surface area contributed by atoms with Gasteiger partial charge in [-0.3, -0.25) is 4.98 Å². The topological polar surface area (TPSA) is 64.7 Å². The van der Waals surface area contributed by atoms with Crippen LogP contribution in [0, 0.1) is 0 Å². The van der Waals surface area contributed by atoms with E-state index >= 15 is 0 Å². The number of nitrogens with two attached hydrogens (primary N) is 1. The van der Waals surface area contributed by atoms with Gasteiger partial charge >= 0.3 is 0 Å². The summed E-state index contributed by atoms with van der Waals surface area (Å²) < 4.78 is 0. The molecule has 0 fully saturated rings. The summed E-state index contributed by atoms with van der Waals surface area (Å²) in [6.07, 6.45) is 5.20. The average molecular weight is 223 g/mol. The number of hydrogen-bond acceptors (Lipinski definition) is 4. The van der Waals surface area contributed by atoms with E-state index in [4.69, 9.17) is 5.73 Å². The molecule has 0 radical (unpaired) electrons. The van der Waals surface area contributed by atoms with Crippen LogP contribution in [0.4, 0.5) is 0 Å². The molecule has 4 nitrogen and oxygen atoms in total. The van der Waals surface area contributed by atoms with Gasteiger partial charge in [-0.05, 0) is 18.2 Å². The second kappa shape index (κ2) is 5.38. The van der Waals surface area contributed by atoms with Crippen molar-refractivity contribution < 1.29 is 0 Å². The molecule has 15 heavy (non-hydrogen) atoms. The van der Waals surface area contributed by atoms with E-state index in [2.05, 4.69) is 15.0 Å². The van der Waals surface area contributed by atoms with Crippen molar-refractivity contribution in [1.82, 2.24) is 15.0 Å². The number of halogens is 1. The third-order valence-corrected chi connectivity index (χ3v) is 1.85. The van der Waals surface area contributed by atoms with E-state index in [1.54, 1.807) is 18.6 Å². The molecule has 0 atom stereocenters. The predicted molar refractivity (Wildman–Crippen MR) is 60.4 cm³/mol. The zero-order valence-corrected chi connectivity index (χ0v) is 8.81. The monoisotopic (exact) mass is 222 g/mol. The summed E-state index contributed by atoms with van der Waals surface area (Å²) >= 11 is 0. The molecule has 0 saturated carbocycles. The lowest BCUT2D eigenvalue weighted by atomic mass is 10.2. The van der Waals surface area contributed by atoms with Crippen LogP contribution in [-0.2, 0) is 6.54 Å². The standard InChI is InChI=1S/C10H10N4.ClH/c11-6-10-13-5-3-9(14-10)8-2-1-4-12-7-8;/h1-5,7H,6,11H2;1H. The van der Waals surface area contributed by atoms with Gasteiger partial charge in [-0.1, -0.05) is 0 Å². The summed E-state index contributed by atoms with van der Waals surface area (Å²) in [5.41, 5.74) is 7.29. The fraction of sp³-hybridized carbons (Fsp3) is 0.100. The van der Waals surface area contributed by atoms with Crippen molar-refractivity contribution in [2.75, 3.05) is 0 Å². The Morgan fingerprint density at radius 2 is 2.07 bits per heavy atom. The minimum atomic E-state index is 0. The Balaban J connectivity index is 0.00000112. The Bertz CT molecular complexity index is 419. The lowest BCUT2D eigenvalue weighted by Crippen LogP contribution is -2.02. The van der Waals surface area contributed by atoms with E-state index in [-0.39, 0.29) is 12.4 Å². The summed E-state index contributed by atoms with van der Waals surface area (Å²) in [7, 11) is 0. The van der Waals surface area contributed by atoms with Crippen LogP contribution in [0.2, 0.25) is 0 Å². The Morgan fingerprint density at radius 3 is 2.73 bits per heavy atom. The molecular formula is C10H11ClN4. The van der Waals surface area contributed by atoms with Gasteiger partial charge < -0.3 is 5.73 Å². The third-order valence-electron chi connectivity index (χ3n) is 1.85. The number of nitrogens with zero attached hydrogens (tertiary/aromatic N) is 3. The molecular weight excluding hydrogens is 212 g/mol. The molecule has 2 aromatic heterocycles. The van der Waals surface area contributed by atoms with Crippen LogP contribution in [0.1, 0.15) is 5.82 Å². The van der Waals surface area contributed by atoms with Gasteiger partial charge in [0.05, 0.1) is 12.2 Å². The summed E-state index contributed by atoms with van der Waals surface area (Å²) in [5, 5.41) is 0. The van der Waals surface area contributed by atoms with Crippen molar-refractivity contribution in [2.24, 2.45) is 5.73 Å². The number of hydrogen-bond donors (Lipinski definition) is 1. The first-order valence-corrected chi connectivity index (χ1v) is 4.32. The van der Waals surface area contributed by atoms with Crippen LogP contribution in [-0.4, -0.2) is 15.0 Å². The van der Waals surface area contributed by atoms with Gasteiger partial charge in [0.1, 0.15) is 5.82 Å². The minimum absolute atomic E-state index is 0. The summed E-state index contributed by atoms with van der Waals surface area (Å²) in [6.45, 7) is 0.355. The fourth-order valence-corrected chi connectivity index (χ4v) is 1.17. The molecule has 78 valence electrons. The zero-order chi connectivity index (χ0) is 9.80. The predicted octanol–water partition coefficient (Wildman–Crippen LogP) is 1.42. The van der Waals surface area contributed by atoms with E-state index in [0.29, 0.717) is 12.4 Å². The maximum atomic E-state index is 5.46.